The highest BCUT2D eigenvalue weighted by molar-refractivity contribution is 7.91. The standard InChI is InChI=1S/C17H16ClN3O3S3/c18-14-6-7-15(26-14)27(23,24)21-8-2-4-12(21)16(22)20-17-11(9-19)10-3-1-5-13(10)25-17/h6-7,12H,1-5,8H2,(H,20,22)/t12-/m0/s1. The molecule has 0 saturated carbocycles. The Bertz CT molecular complexity index is 1050. The lowest BCUT2D eigenvalue weighted by atomic mass is 10.1. The predicted molar refractivity (Wildman–Crippen MR) is 106 cm³/mol. The average Bonchev–Trinajstić information content (AvgIpc) is 3.38. The van der Waals surface area contributed by atoms with Crippen LogP contribution in [-0.4, -0.2) is 31.2 Å². The molecule has 27 heavy (non-hydrogen) atoms. The Morgan fingerprint density at radius 3 is 2.81 bits per heavy atom. The molecule has 4 rings (SSSR count). The van der Waals surface area contributed by atoms with Crippen molar-refractivity contribution >= 4 is 55.2 Å². The Morgan fingerprint density at radius 1 is 1.30 bits per heavy atom. The van der Waals surface area contributed by atoms with Gasteiger partial charge in [-0.2, -0.15) is 9.57 Å². The van der Waals surface area contributed by atoms with Gasteiger partial charge in [-0.05, 0) is 49.8 Å². The summed E-state index contributed by atoms with van der Waals surface area (Å²) in [6.07, 6.45) is 3.88. The van der Waals surface area contributed by atoms with Crippen molar-refractivity contribution in [1.29, 1.82) is 5.26 Å². The number of hydrogen-bond acceptors (Lipinski definition) is 6. The summed E-state index contributed by atoms with van der Waals surface area (Å²) in [6, 6.07) is 4.42. The predicted octanol–water partition coefficient (Wildman–Crippen LogP) is 3.62. The third-order valence-electron chi connectivity index (χ3n) is 4.89. The number of anilines is 1. The van der Waals surface area contributed by atoms with Crippen molar-refractivity contribution in [3.63, 3.8) is 0 Å². The van der Waals surface area contributed by atoms with Crippen LogP contribution in [0.3, 0.4) is 0 Å². The molecule has 1 fully saturated rings. The lowest BCUT2D eigenvalue weighted by molar-refractivity contribution is -0.119. The molecule has 1 atom stereocenters. The van der Waals surface area contributed by atoms with Crippen LogP contribution in [0.2, 0.25) is 4.34 Å². The van der Waals surface area contributed by atoms with E-state index in [2.05, 4.69) is 11.4 Å². The first kappa shape index (κ1) is 18.9. The second-order valence-corrected chi connectivity index (χ2v) is 11.4. The van der Waals surface area contributed by atoms with Gasteiger partial charge in [-0.3, -0.25) is 4.79 Å². The second-order valence-electron chi connectivity index (χ2n) is 6.49. The van der Waals surface area contributed by atoms with Crippen molar-refractivity contribution in [2.24, 2.45) is 0 Å². The molecule has 1 aliphatic carbocycles. The first-order valence-electron chi connectivity index (χ1n) is 8.54. The van der Waals surface area contributed by atoms with Gasteiger partial charge in [0.1, 0.15) is 21.3 Å². The van der Waals surface area contributed by atoms with Crippen molar-refractivity contribution in [3.05, 3.63) is 32.5 Å². The molecule has 1 aliphatic heterocycles. The van der Waals surface area contributed by atoms with Gasteiger partial charge in [-0.25, -0.2) is 8.42 Å². The van der Waals surface area contributed by atoms with Gasteiger partial charge in [0, 0.05) is 11.4 Å². The second kappa shape index (κ2) is 7.18. The molecule has 0 spiro atoms. The van der Waals surface area contributed by atoms with Crippen molar-refractivity contribution in [2.75, 3.05) is 11.9 Å². The highest BCUT2D eigenvalue weighted by Gasteiger charge is 2.40. The van der Waals surface area contributed by atoms with Crippen LogP contribution < -0.4 is 5.32 Å². The highest BCUT2D eigenvalue weighted by Crippen LogP contribution is 2.39. The van der Waals surface area contributed by atoms with E-state index in [9.17, 15) is 18.5 Å². The molecule has 0 aromatic carbocycles. The van der Waals surface area contributed by atoms with E-state index in [1.807, 2.05) is 0 Å². The smallest absolute Gasteiger partial charge is 0.253 e. The number of amides is 1. The minimum Gasteiger partial charge on any atom is -0.315 e. The number of sulfonamides is 1. The zero-order chi connectivity index (χ0) is 19.2. The summed E-state index contributed by atoms with van der Waals surface area (Å²) >= 11 is 8.29. The fraction of sp³-hybridized carbons (Fsp3) is 0.412. The van der Waals surface area contributed by atoms with Gasteiger partial charge in [0.05, 0.1) is 9.90 Å². The monoisotopic (exact) mass is 441 g/mol. The van der Waals surface area contributed by atoms with Crippen molar-refractivity contribution < 1.29 is 13.2 Å². The Kier molecular flexibility index (Phi) is 5.03. The van der Waals surface area contributed by atoms with E-state index >= 15 is 0 Å². The zero-order valence-electron chi connectivity index (χ0n) is 14.2. The van der Waals surface area contributed by atoms with Gasteiger partial charge in [0.25, 0.3) is 10.0 Å². The molecule has 0 unspecified atom stereocenters. The minimum absolute atomic E-state index is 0.139. The number of carbonyl (C=O) groups is 1. The van der Waals surface area contributed by atoms with E-state index in [4.69, 9.17) is 11.6 Å². The van der Waals surface area contributed by atoms with Crippen LogP contribution in [-0.2, 0) is 27.7 Å². The Morgan fingerprint density at radius 2 is 2.11 bits per heavy atom. The number of aryl methyl sites for hydroxylation is 1. The number of nitrogens with zero attached hydrogens (tertiary/aromatic N) is 2. The molecule has 3 heterocycles. The molecule has 1 N–H and O–H groups in total. The average molecular weight is 442 g/mol. The molecule has 0 bridgehead atoms. The summed E-state index contributed by atoms with van der Waals surface area (Å²) in [5, 5.41) is 12.8. The van der Waals surface area contributed by atoms with Crippen LogP contribution in [0.4, 0.5) is 5.00 Å². The van der Waals surface area contributed by atoms with Crippen LogP contribution in [0.25, 0.3) is 0 Å². The zero-order valence-corrected chi connectivity index (χ0v) is 17.4. The molecule has 10 heteroatoms. The molecule has 142 valence electrons. The fourth-order valence-corrected chi connectivity index (χ4v) is 8.16. The summed E-state index contributed by atoms with van der Waals surface area (Å²) in [7, 11) is -3.77. The third-order valence-corrected chi connectivity index (χ3v) is 9.70. The molecule has 1 saturated heterocycles. The van der Waals surface area contributed by atoms with Gasteiger partial charge in [-0.15, -0.1) is 22.7 Å². The first-order valence-corrected chi connectivity index (χ1v) is 12.0. The minimum atomic E-state index is -3.77. The SMILES string of the molecule is N#Cc1c(NC(=O)[C@@H]2CCCN2S(=O)(=O)c2ccc(Cl)s2)sc2c1CCC2. The summed E-state index contributed by atoms with van der Waals surface area (Å²) in [6.45, 7) is 0.294. The number of fused-ring (bicyclic) bond motifs is 1. The normalized spacial score (nSPS) is 19.8. The first-order chi connectivity index (χ1) is 12.9. The molecule has 1 amide bonds. The van der Waals surface area contributed by atoms with Crippen molar-refractivity contribution in [1.82, 2.24) is 4.31 Å². The summed E-state index contributed by atoms with van der Waals surface area (Å²) < 4.78 is 27.6. The van der Waals surface area contributed by atoms with Crippen LogP contribution in [0.5, 0.6) is 0 Å². The molecule has 6 nitrogen and oxygen atoms in total. The number of rotatable bonds is 4. The maximum Gasteiger partial charge on any atom is 0.253 e. The number of thiophene rings is 2. The molecule has 2 aliphatic rings. The molecule has 0 radical (unpaired) electrons. The summed E-state index contributed by atoms with van der Waals surface area (Å²) in [5.74, 6) is -0.379. The van der Waals surface area contributed by atoms with Gasteiger partial charge in [0.15, 0.2) is 0 Å². The Balaban J connectivity index is 1.58. The Labute approximate surface area is 170 Å². The van der Waals surface area contributed by atoms with Crippen molar-refractivity contribution in [2.45, 2.75) is 42.4 Å². The van der Waals surface area contributed by atoms with Crippen LogP contribution in [0.15, 0.2) is 16.3 Å². The number of nitrogens with one attached hydrogen (secondary N) is 1. The Hall–Kier alpha value is -1.44. The topological polar surface area (TPSA) is 90.3 Å². The lowest BCUT2D eigenvalue weighted by Crippen LogP contribution is -2.42. The van der Waals surface area contributed by atoms with E-state index in [1.165, 1.54) is 27.8 Å². The van der Waals surface area contributed by atoms with E-state index in [-0.39, 0.29) is 10.1 Å². The molecule has 2 aromatic heterocycles. The lowest BCUT2D eigenvalue weighted by Gasteiger charge is -2.22. The maximum atomic E-state index is 12.9. The van der Waals surface area contributed by atoms with Gasteiger partial charge in [0.2, 0.25) is 5.91 Å². The number of halogens is 1. The maximum absolute atomic E-state index is 12.9. The van der Waals surface area contributed by atoms with Gasteiger partial charge in [-0.1, -0.05) is 11.6 Å². The van der Waals surface area contributed by atoms with Crippen molar-refractivity contribution in [3.8, 4) is 6.07 Å². The van der Waals surface area contributed by atoms with Crippen LogP contribution in [0.1, 0.15) is 35.3 Å². The number of carbonyl (C=O) groups excluding carboxylic acids is 1. The van der Waals surface area contributed by atoms with Gasteiger partial charge >= 0.3 is 0 Å². The summed E-state index contributed by atoms with van der Waals surface area (Å²) in [5.41, 5.74) is 1.56. The summed E-state index contributed by atoms with van der Waals surface area (Å²) in [4.78, 5) is 14.0. The third kappa shape index (κ3) is 3.30. The number of hydrogen-bond donors (Lipinski definition) is 1. The highest BCUT2D eigenvalue weighted by atomic mass is 35.5. The van der Waals surface area contributed by atoms with E-state index < -0.39 is 16.1 Å². The molecular weight excluding hydrogens is 426 g/mol. The van der Waals surface area contributed by atoms with E-state index in [0.717, 1.165) is 41.0 Å². The van der Waals surface area contributed by atoms with Gasteiger partial charge < -0.3 is 5.32 Å². The quantitative estimate of drug-likeness (QED) is 0.784. The van der Waals surface area contributed by atoms with E-state index in [0.29, 0.717) is 34.3 Å². The van der Waals surface area contributed by atoms with Crippen LogP contribution >= 0.6 is 34.3 Å². The number of nitriles is 1. The van der Waals surface area contributed by atoms with Crippen LogP contribution in [0, 0.1) is 11.3 Å². The van der Waals surface area contributed by atoms with E-state index in [1.54, 1.807) is 0 Å². The molecule has 2 aromatic rings. The fourth-order valence-electron chi connectivity index (χ4n) is 3.65. The molecular formula is C17H16ClN3O3S3. The largest absolute Gasteiger partial charge is 0.315 e.